The van der Waals surface area contributed by atoms with Gasteiger partial charge in [-0.05, 0) is 50.9 Å². The summed E-state index contributed by atoms with van der Waals surface area (Å²) < 4.78 is 5.55. The van der Waals surface area contributed by atoms with Crippen molar-refractivity contribution in [3.8, 4) is 0 Å². The summed E-state index contributed by atoms with van der Waals surface area (Å²) in [5, 5.41) is 7.61. The highest BCUT2D eigenvalue weighted by Gasteiger charge is 2.29. The monoisotopic (exact) mass is 593 g/mol. The van der Waals surface area contributed by atoms with Gasteiger partial charge in [-0.15, -0.1) is 11.3 Å². The molecule has 6 rings (SSSR count). The quantitative estimate of drug-likeness (QED) is 0.393. The van der Waals surface area contributed by atoms with Crippen LogP contribution in [0, 0.1) is 6.92 Å². The van der Waals surface area contributed by atoms with E-state index >= 15 is 0 Å². The molecule has 1 atom stereocenters. The van der Waals surface area contributed by atoms with E-state index in [1.807, 2.05) is 12.3 Å². The smallest absolute Gasteiger partial charge is 0.222 e. The van der Waals surface area contributed by atoms with Crippen molar-refractivity contribution in [2.45, 2.75) is 46.1 Å². The second kappa shape index (κ2) is 14.6. The van der Waals surface area contributed by atoms with Crippen molar-refractivity contribution < 1.29 is 9.53 Å². The number of amides is 1. The molecule has 1 amide bonds. The Kier molecular flexibility index (Phi) is 10.7. The van der Waals surface area contributed by atoms with Crippen LogP contribution in [0.1, 0.15) is 50.4 Å². The zero-order chi connectivity index (χ0) is 28.0. The number of ether oxygens (including phenoxy) is 1. The number of benzene rings is 1. The number of hydrogen-bond donors (Lipinski definition) is 1. The van der Waals surface area contributed by atoms with Crippen molar-refractivity contribution in [3.63, 3.8) is 0 Å². The Hall–Kier alpha value is -2.79. The van der Waals surface area contributed by atoms with Gasteiger partial charge in [-0.1, -0.05) is 25.6 Å². The number of nitrogens with one attached hydrogen (secondary N) is 1. The van der Waals surface area contributed by atoms with Crippen LogP contribution in [0.15, 0.2) is 35.8 Å². The molecule has 3 fully saturated rings. The lowest BCUT2D eigenvalue weighted by atomic mass is 10.1. The predicted octanol–water partition coefficient (Wildman–Crippen LogP) is 4.33. The topological polar surface area (TPSA) is 77.1 Å². The third kappa shape index (κ3) is 7.22. The highest BCUT2D eigenvalue weighted by Crippen LogP contribution is 2.33. The van der Waals surface area contributed by atoms with Crippen LogP contribution < -0.4 is 15.1 Å². The van der Waals surface area contributed by atoms with Crippen molar-refractivity contribution in [2.24, 2.45) is 0 Å². The molecule has 1 aromatic carbocycles. The molecule has 3 aliphatic heterocycles. The van der Waals surface area contributed by atoms with Gasteiger partial charge >= 0.3 is 0 Å². The Morgan fingerprint density at radius 2 is 1.83 bits per heavy atom. The number of aryl methyl sites for hydroxylation is 1. The molecule has 9 nitrogen and oxygen atoms in total. The molecule has 3 aliphatic rings. The maximum atomic E-state index is 13.3. The van der Waals surface area contributed by atoms with Crippen molar-refractivity contribution >= 4 is 39.0 Å². The number of pyridine rings is 1. The number of likely N-dealkylation sites (tertiary alicyclic amines) is 1. The predicted molar refractivity (Wildman–Crippen MR) is 173 cm³/mol. The van der Waals surface area contributed by atoms with Crippen LogP contribution in [0.25, 0.3) is 10.9 Å². The fourth-order valence-corrected chi connectivity index (χ4v) is 7.39. The van der Waals surface area contributed by atoms with Gasteiger partial charge in [0.1, 0.15) is 0 Å². The standard InChI is InChI=1S/C31H43N7O2S.CH4/c1-24-7-8-25-6-4-9-33-29(25)30(24)37-14-5-13-36(16-17-37)27(22-28(39)32-10-15-35-11-2-3-12-35)26-23-41-31(34-26)38-18-20-40-21-19-38;/h4,6-9,23,27H,2-3,5,10-22H2,1H3,(H,32,39);1H4. The second-order valence-corrected chi connectivity index (χ2v) is 12.3. The van der Waals surface area contributed by atoms with Gasteiger partial charge in [0.15, 0.2) is 5.13 Å². The van der Waals surface area contributed by atoms with Crippen molar-refractivity contribution in [3.05, 3.63) is 47.1 Å². The van der Waals surface area contributed by atoms with Gasteiger partial charge in [0.25, 0.3) is 0 Å². The summed E-state index contributed by atoms with van der Waals surface area (Å²) in [6.45, 7) is 13.0. The van der Waals surface area contributed by atoms with Crippen LogP contribution in [0.3, 0.4) is 0 Å². The number of morpholine rings is 1. The SMILES string of the molecule is C.Cc1ccc2cccnc2c1N1CCCN(C(CC(=O)NCCN2CCCC2)c2csc(N3CCOCC3)n2)CC1. The number of carbonyl (C=O) groups excluding carboxylic acids is 1. The van der Waals surface area contributed by atoms with E-state index in [1.165, 1.54) is 29.5 Å². The number of rotatable bonds is 9. The minimum absolute atomic E-state index is 0. The molecule has 10 heteroatoms. The van der Waals surface area contributed by atoms with Crippen molar-refractivity contribution in [1.29, 1.82) is 0 Å². The van der Waals surface area contributed by atoms with Crippen LogP contribution in [0.5, 0.6) is 0 Å². The average molecular weight is 594 g/mol. The van der Waals surface area contributed by atoms with Gasteiger partial charge in [0.05, 0.1) is 36.2 Å². The van der Waals surface area contributed by atoms with E-state index in [2.05, 4.69) is 55.4 Å². The van der Waals surface area contributed by atoms with Gasteiger partial charge in [0.2, 0.25) is 5.91 Å². The number of hydrogen-bond acceptors (Lipinski definition) is 9. The van der Waals surface area contributed by atoms with Crippen LogP contribution >= 0.6 is 11.3 Å². The third-order valence-corrected chi connectivity index (χ3v) is 9.62. The molecule has 0 aliphatic carbocycles. The first-order valence-electron chi connectivity index (χ1n) is 15.3. The normalized spacial score (nSPS) is 19.5. The molecular formula is C32H47N7O2S. The molecule has 0 saturated carbocycles. The van der Waals surface area contributed by atoms with E-state index in [9.17, 15) is 4.79 Å². The molecule has 1 unspecified atom stereocenters. The average Bonchev–Trinajstić information content (AvgIpc) is 3.65. The maximum Gasteiger partial charge on any atom is 0.222 e. The molecule has 2 aromatic heterocycles. The molecule has 0 spiro atoms. The molecular weight excluding hydrogens is 546 g/mol. The van der Waals surface area contributed by atoms with E-state index in [0.717, 1.165) is 94.9 Å². The molecule has 0 bridgehead atoms. The van der Waals surface area contributed by atoms with Gasteiger partial charge < -0.3 is 24.8 Å². The minimum atomic E-state index is -0.0421. The summed E-state index contributed by atoms with van der Waals surface area (Å²) in [6.07, 6.45) is 5.89. The summed E-state index contributed by atoms with van der Waals surface area (Å²) >= 11 is 1.69. The molecule has 3 saturated heterocycles. The lowest BCUT2D eigenvalue weighted by molar-refractivity contribution is -0.122. The third-order valence-electron chi connectivity index (χ3n) is 8.70. The molecule has 3 aromatic rings. The lowest BCUT2D eigenvalue weighted by Crippen LogP contribution is -2.39. The minimum Gasteiger partial charge on any atom is -0.378 e. The van der Waals surface area contributed by atoms with E-state index in [0.29, 0.717) is 13.0 Å². The highest BCUT2D eigenvalue weighted by atomic mass is 32.1. The van der Waals surface area contributed by atoms with Crippen molar-refractivity contribution in [1.82, 2.24) is 25.1 Å². The summed E-state index contributed by atoms with van der Waals surface area (Å²) in [5.41, 5.74) is 4.59. The van der Waals surface area contributed by atoms with Crippen LogP contribution in [-0.2, 0) is 9.53 Å². The highest BCUT2D eigenvalue weighted by molar-refractivity contribution is 7.13. The molecule has 228 valence electrons. The van der Waals surface area contributed by atoms with E-state index in [1.54, 1.807) is 11.3 Å². The zero-order valence-corrected chi connectivity index (χ0v) is 25.1. The Labute approximate surface area is 254 Å². The molecule has 0 radical (unpaired) electrons. The van der Waals surface area contributed by atoms with E-state index in [-0.39, 0.29) is 19.4 Å². The largest absolute Gasteiger partial charge is 0.378 e. The van der Waals surface area contributed by atoms with E-state index < -0.39 is 0 Å². The first kappa shape index (κ1) is 30.7. The first-order valence-corrected chi connectivity index (χ1v) is 16.1. The summed E-state index contributed by atoms with van der Waals surface area (Å²) in [7, 11) is 0. The summed E-state index contributed by atoms with van der Waals surface area (Å²) in [4.78, 5) is 32.9. The Morgan fingerprint density at radius 3 is 2.67 bits per heavy atom. The number of nitrogens with zero attached hydrogens (tertiary/aromatic N) is 6. The molecule has 1 N–H and O–H groups in total. The molecule has 5 heterocycles. The van der Waals surface area contributed by atoms with Crippen LogP contribution in [0.2, 0.25) is 0 Å². The maximum absolute atomic E-state index is 13.3. The summed E-state index contributed by atoms with van der Waals surface area (Å²) in [6, 6.07) is 8.48. The van der Waals surface area contributed by atoms with Gasteiger partial charge in [-0.2, -0.15) is 0 Å². The number of fused-ring (bicyclic) bond motifs is 1. The number of anilines is 2. The number of thiazole rings is 1. The van der Waals surface area contributed by atoms with Crippen LogP contribution in [0.4, 0.5) is 10.8 Å². The summed E-state index contributed by atoms with van der Waals surface area (Å²) in [5.74, 6) is 0.116. The fourth-order valence-electron chi connectivity index (χ4n) is 6.46. The van der Waals surface area contributed by atoms with Crippen molar-refractivity contribution in [2.75, 3.05) is 88.5 Å². The molecule has 42 heavy (non-hydrogen) atoms. The zero-order valence-electron chi connectivity index (χ0n) is 24.3. The lowest BCUT2D eigenvalue weighted by Gasteiger charge is -2.30. The Bertz CT molecular complexity index is 1310. The van der Waals surface area contributed by atoms with Gasteiger partial charge in [0, 0.05) is 75.7 Å². The van der Waals surface area contributed by atoms with E-state index in [4.69, 9.17) is 14.7 Å². The van der Waals surface area contributed by atoms with Crippen LogP contribution in [-0.4, -0.2) is 104 Å². The van der Waals surface area contributed by atoms with Gasteiger partial charge in [-0.25, -0.2) is 4.98 Å². The number of carbonyl (C=O) groups is 1. The Morgan fingerprint density at radius 1 is 1.00 bits per heavy atom. The second-order valence-electron chi connectivity index (χ2n) is 11.5. The Balaban J connectivity index is 0.00000353. The fraction of sp³-hybridized carbons (Fsp3) is 0.594. The first-order chi connectivity index (χ1) is 20.2. The number of aromatic nitrogens is 2. The van der Waals surface area contributed by atoms with Gasteiger partial charge in [-0.3, -0.25) is 14.7 Å².